The van der Waals surface area contributed by atoms with Gasteiger partial charge in [0.1, 0.15) is 5.75 Å². The molecule has 11 heteroatoms. The lowest BCUT2D eigenvalue weighted by atomic mass is 10.1. The summed E-state index contributed by atoms with van der Waals surface area (Å²) in [6, 6.07) is 8.26. The van der Waals surface area contributed by atoms with Crippen molar-refractivity contribution in [1.29, 1.82) is 0 Å². The fourth-order valence-corrected chi connectivity index (χ4v) is 4.27. The minimum absolute atomic E-state index is 0.0670. The minimum atomic E-state index is -4.65. The highest BCUT2D eigenvalue weighted by Crippen LogP contribution is 2.39. The molecule has 1 aliphatic rings. The average Bonchev–Trinajstić information content (AvgIpc) is 3.45. The predicted octanol–water partition coefficient (Wildman–Crippen LogP) is 6.53. The fraction of sp³-hybridized carbons (Fsp3) is 0.375. The number of nitrogens with zero attached hydrogens (tertiary/aromatic N) is 2. The number of carbonyl (C=O) groups is 1. The van der Waals surface area contributed by atoms with Gasteiger partial charge in [-0.15, -0.1) is 0 Å². The lowest BCUT2D eigenvalue weighted by molar-refractivity contribution is -0.141. The molecule has 2 aromatic carbocycles. The molecule has 7 nitrogen and oxygen atoms in total. The van der Waals surface area contributed by atoms with Gasteiger partial charge < -0.3 is 19.7 Å². The first-order valence-electron chi connectivity index (χ1n) is 11.0. The normalized spacial score (nSPS) is 18.1. The number of benzene rings is 2. The van der Waals surface area contributed by atoms with Crippen LogP contribution in [0.5, 0.6) is 5.75 Å². The van der Waals surface area contributed by atoms with Crippen molar-refractivity contribution < 1.29 is 32.3 Å². The van der Waals surface area contributed by atoms with Crippen LogP contribution >= 0.6 is 11.6 Å². The summed E-state index contributed by atoms with van der Waals surface area (Å²) in [4.78, 5) is 15.4. The molecule has 0 radical (unpaired) electrons. The standard InChI is InChI=1S/C24H23ClF3N3O4/c1-12(2)34-20-8-5-13(11-18(20)25)21-30-22(35-31-21)14-4-7-19(17(10-14)24(26,27)28)29-16-6-3-15(9-16)23(32)33/h4-5,7-8,10-12,15-16,29H,3,6,9H2,1-2H3,(H,32,33)/t15-,16+/m1/s1. The summed E-state index contributed by atoms with van der Waals surface area (Å²) in [5.74, 6) is -0.917. The Morgan fingerprint density at radius 3 is 2.57 bits per heavy atom. The molecular weight excluding hydrogens is 487 g/mol. The van der Waals surface area contributed by atoms with Crippen LogP contribution in [-0.2, 0) is 11.0 Å². The number of ether oxygens (including phenoxy) is 1. The van der Waals surface area contributed by atoms with Gasteiger partial charge >= 0.3 is 12.1 Å². The van der Waals surface area contributed by atoms with E-state index >= 15 is 0 Å². The molecule has 1 aliphatic carbocycles. The van der Waals surface area contributed by atoms with Crippen molar-refractivity contribution in [2.75, 3.05) is 5.32 Å². The molecule has 1 saturated carbocycles. The summed E-state index contributed by atoms with van der Waals surface area (Å²) in [5.41, 5.74) is -0.400. The number of halogens is 4. The van der Waals surface area contributed by atoms with Crippen LogP contribution in [0.1, 0.15) is 38.7 Å². The van der Waals surface area contributed by atoms with E-state index in [1.54, 1.807) is 18.2 Å². The summed E-state index contributed by atoms with van der Waals surface area (Å²) >= 11 is 6.26. The van der Waals surface area contributed by atoms with Crippen LogP contribution in [-0.4, -0.2) is 33.4 Å². The van der Waals surface area contributed by atoms with Gasteiger partial charge in [-0.1, -0.05) is 16.8 Å². The fourth-order valence-electron chi connectivity index (χ4n) is 4.04. The number of hydrogen-bond acceptors (Lipinski definition) is 6. The Morgan fingerprint density at radius 2 is 1.94 bits per heavy atom. The van der Waals surface area contributed by atoms with E-state index in [1.165, 1.54) is 12.1 Å². The second-order valence-corrected chi connectivity index (χ2v) is 9.09. The topological polar surface area (TPSA) is 97.5 Å². The Balaban J connectivity index is 1.58. The summed E-state index contributed by atoms with van der Waals surface area (Å²) < 4.78 is 52.3. The Kier molecular flexibility index (Phi) is 6.93. The Morgan fingerprint density at radius 1 is 1.20 bits per heavy atom. The van der Waals surface area contributed by atoms with Gasteiger partial charge in [0, 0.05) is 22.9 Å². The Labute approximate surface area is 204 Å². The van der Waals surface area contributed by atoms with Crippen molar-refractivity contribution in [2.24, 2.45) is 5.92 Å². The SMILES string of the molecule is CC(C)Oc1ccc(-c2noc(-c3ccc(N[C@H]4CC[C@@H](C(=O)O)C4)c(C(F)(F)F)c3)n2)cc1Cl. The minimum Gasteiger partial charge on any atom is -0.489 e. The zero-order valence-electron chi connectivity index (χ0n) is 18.9. The highest BCUT2D eigenvalue weighted by atomic mass is 35.5. The summed E-state index contributed by atoms with van der Waals surface area (Å²) in [6.45, 7) is 3.73. The number of anilines is 1. The van der Waals surface area contributed by atoms with E-state index in [0.717, 1.165) is 6.07 Å². The lowest BCUT2D eigenvalue weighted by Gasteiger charge is -2.19. The molecule has 0 bridgehead atoms. The van der Waals surface area contributed by atoms with Gasteiger partial charge in [0.2, 0.25) is 5.82 Å². The number of carboxylic acid groups (broad SMARTS) is 1. The van der Waals surface area contributed by atoms with E-state index in [4.69, 9.17) is 26.0 Å². The number of aliphatic carboxylic acids is 1. The maximum Gasteiger partial charge on any atom is 0.418 e. The largest absolute Gasteiger partial charge is 0.489 e. The first-order valence-corrected chi connectivity index (χ1v) is 11.4. The number of carboxylic acids is 1. The molecule has 0 spiro atoms. The monoisotopic (exact) mass is 509 g/mol. The van der Waals surface area contributed by atoms with Crippen molar-refractivity contribution in [3.05, 3.63) is 47.0 Å². The molecule has 1 fully saturated rings. The van der Waals surface area contributed by atoms with Gasteiger partial charge in [0.25, 0.3) is 5.89 Å². The van der Waals surface area contributed by atoms with E-state index in [0.29, 0.717) is 29.2 Å². The number of aromatic nitrogens is 2. The highest BCUT2D eigenvalue weighted by Gasteiger charge is 2.36. The molecule has 0 saturated heterocycles. The smallest absolute Gasteiger partial charge is 0.418 e. The second kappa shape index (κ2) is 9.77. The van der Waals surface area contributed by atoms with Gasteiger partial charge in [0.05, 0.1) is 22.6 Å². The molecule has 4 rings (SSSR count). The van der Waals surface area contributed by atoms with Gasteiger partial charge in [-0.25, -0.2) is 0 Å². The molecule has 3 aromatic rings. The molecule has 0 unspecified atom stereocenters. The molecule has 2 N–H and O–H groups in total. The van der Waals surface area contributed by atoms with Crippen molar-refractivity contribution in [2.45, 2.75) is 51.4 Å². The van der Waals surface area contributed by atoms with Crippen molar-refractivity contribution >= 4 is 23.3 Å². The first-order chi connectivity index (χ1) is 16.5. The quantitative estimate of drug-likeness (QED) is 0.373. The molecule has 2 atom stereocenters. The predicted molar refractivity (Wildman–Crippen MR) is 123 cm³/mol. The van der Waals surface area contributed by atoms with Crippen LogP contribution in [0.4, 0.5) is 18.9 Å². The van der Waals surface area contributed by atoms with E-state index in [2.05, 4.69) is 15.5 Å². The Hall–Kier alpha value is -3.27. The molecule has 1 heterocycles. The van der Waals surface area contributed by atoms with E-state index in [1.807, 2.05) is 13.8 Å². The van der Waals surface area contributed by atoms with Crippen LogP contribution < -0.4 is 10.1 Å². The molecular formula is C24H23ClF3N3O4. The lowest BCUT2D eigenvalue weighted by Crippen LogP contribution is -2.20. The zero-order chi connectivity index (χ0) is 25.3. The van der Waals surface area contributed by atoms with E-state index < -0.39 is 23.6 Å². The summed E-state index contributed by atoms with van der Waals surface area (Å²) in [7, 11) is 0. The van der Waals surface area contributed by atoms with Crippen molar-refractivity contribution in [3.8, 4) is 28.6 Å². The molecule has 0 amide bonds. The van der Waals surface area contributed by atoms with Gasteiger partial charge in [0.15, 0.2) is 0 Å². The summed E-state index contributed by atoms with van der Waals surface area (Å²) in [5, 5.41) is 16.2. The maximum absolute atomic E-state index is 13.8. The van der Waals surface area contributed by atoms with Gasteiger partial charge in [-0.05, 0) is 69.5 Å². The second-order valence-electron chi connectivity index (χ2n) is 8.68. The van der Waals surface area contributed by atoms with Crippen LogP contribution in [0.15, 0.2) is 40.9 Å². The number of nitrogens with one attached hydrogen (secondary N) is 1. The van der Waals surface area contributed by atoms with Crippen molar-refractivity contribution in [1.82, 2.24) is 10.1 Å². The molecule has 186 valence electrons. The van der Waals surface area contributed by atoms with Crippen LogP contribution in [0, 0.1) is 5.92 Å². The molecule has 0 aliphatic heterocycles. The zero-order valence-corrected chi connectivity index (χ0v) is 19.7. The third-order valence-electron chi connectivity index (χ3n) is 5.69. The van der Waals surface area contributed by atoms with E-state index in [-0.39, 0.29) is 41.5 Å². The maximum atomic E-state index is 13.8. The molecule has 1 aromatic heterocycles. The van der Waals surface area contributed by atoms with Gasteiger partial charge in [-0.3, -0.25) is 4.79 Å². The van der Waals surface area contributed by atoms with Gasteiger partial charge in [-0.2, -0.15) is 18.2 Å². The molecule has 35 heavy (non-hydrogen) atoms. The van der Waals surface area contributed by atoms with Crippen LogP contribution in [0.3, 0.4) is 0 Å². The van der Waals surface area contributed by atoms with E-state index in [9.17, 15) is 18.0 Å². The average molecular weight is 510 g/mol. The number of rotatable bonds is 7. The van der Waals surface area contributed by atoms with Crippen molar-refractivity contribution in [3.63, 3.8) is 0 Å². The highest BCUT2D eigenvalue weighted by molar-refractivity contribution is 6.32. The van der Waals surface area contributed by atoms with Crippen LogP contribution in [0.2, 0.25) is 5.02 Å². The number of hydrogen-bond donors (Lipinski definition) is 2. The Bertz CT molecular complexity index is 1230. The number of alkyl halides is 3. The third-order valence-corrected chi connectivity index (χ3v) is 5.99. The summed E-state index contributed by atoms with van der Waals surface area (Å²) in [6.07, 6.45) is -3.54. The third kappa shape index (κ3) is 5.70. The first kappa shape index (κ1) is 24.8. The van der Waals surface area contributed by atoms with Crippen LogP contribution in [0.25, 0.3) is 22.8 Å².